The van der Waals surface area contributed by atoms with Crippen molar-refractivity contribution in [2.75, 3.05) is 5.73 Å². The smallest absolute Gasteiger partial charge is 0.187 e. The molecule has 0 aliphatic heterocycles. The quantitative estimate of drug-likeness (QED) is 0.519. The van der Waals surface area contributed by atoms with E-state index in [2.05, 4.69) is 4.98 Å². The van der Waals surface area contributed by atoms with Gasteiger partial charge in [-0.25, -0.2) is 0 Å². The maximum atomic E-state index is 12.1. The Balaban J connectivity index is 2.11. The van der Waals surface area contributed by atoms with Gasteiger partial charge in [-0.05, 0) is 43.7 Å². The van der Waals surface area contributed by atoms with E-state index in [0.29, 0.717) is 17.0 Å². The van der Waals surface area contributed by atoms with Gasteiger partial charge >= 0.3 is 0 Å². The zero-order chi connectivity index (χ0) is 15.2. The van der Waals surface area contributed by atoms with Gasteiger partial charge in [0.2, 0.25) is 0 Å². The Morgan fingerprint density at radius 1 is 1.24 bits per heavy atom. The number of allylic oxidation sites excluding steroid dienone is 1. The first kappa shape index (κ1) is 14.8. The molecular weight excluding hydrogens is 264 g/mol. The summed E-state index contributed by atoms with van der Waals surface area (Å²) in [6.45, 7) is 3.85. The number of benzene rings is 1. The molecule has 0 saturated carbocycles. The largest absolute Gasteiger partial charge is 0.489 e. The lowest BCUT2D eigenvalue weighted by atomic mass is 10.1. The number of hydrogen-bond acceptors (Lipinski definition) is 4. The van der Waals surface area contributed by atoms with Crippen LogP contribution in [0.1, 0.15) is 29.8 Å². The summed E-state index contributed by atoms with van der Waals surface area (Å²) in [7, 11) is 0. The van der Waals surface area contributed by atoms with Crippen LogP contribution in [0.4, 0.5) is 5.69 Å². The fourth-order valence-corrected chi connectivity index (χ4v) is 1.77. The third-order valence-electron chi connectivity index (χ3n) is 2.73. The Morgan fingerprint density at radius 2 is 1.95 bits per heavy atom. The minimum Gasteiger partial charge on any atom is -0.489 e. The van der Waals surface area contributed by atoms with Crippen molar-refractivity contribution in [3.05, 3.63) is 59.9 Å². The highest BCUT2D eigenvalue weighted by molar-refractivity contribution is 6.06. The number of nitrogen functional groups attached to an aromatic ring is 1. The fraction of sp³-hybridized carbons (Fsp3) is 0.176. The summed E-state index contributed by atoms with van der Waals surface area (Å²) < 4.78 is 5.53. The lowest BCUT2D eigenvalue weighted by molar-refractivity contribution is 0.104. The van der Waals surface area contributed by atoms with Crippen molar-refractivity contribution < 1.29 is 9.53 Å². The molecule has 0 spiro atoms. The highest BCUT2D eigenvalue weighted by Gasteiger charge is 2.05. The molecule has 0 aliphatic rings. The van der Waals surface area contributed by atoms with Gasteiger partial charge in [-0.2, -0.15) is 0 Å². The predicted octanol–water partition coefficient (Wildman–Crippen LogP) is 3.35. The number of ketones is 1. The molecule has 0 aliphatic carbocycles. The summed E-state index contributed by atoms with van der Waals surface area (Å²) in [5, 5.41) is 0. The second-order valence-electron chi connectivity index (χ2n) is 4.94. The molecule has 0 unspecified atom stereocenters. The maximum absolute atomic E-state index is 12.1. The number of nitrogens with zero attached hydrogens (tertiary/aromatic N) is 1. The van der Waals surface area contributed by atoms with E-state index in [-0.39, 0.29) is 11.9 Å². The Bertz CT molecular complexity index is 646. The third kappa shape index (κ3) is 4.45. The fourth-order valence-electron chi connectivity index (χ4n) is 1.77. The van der Waals surface area contributed by atoms with E-state index >= 15 is 0 Å². The summed E-state index contributed by atoms with van der Waals surface area (Å²) in [6, 6.07) is 9.00. The average molecular weight is 282 g/mol. The number of rotatable bonds is 5. The van der Waals surface area contributed by atoms with Crippen molar-refractivity contribution in [1.82, 2.24) is 4.98 Å². The van der Waals surface area contributed by atoms with Crippen LogP contribution in [0.5, 0.6) is 5.75 Å². The van der Waals surface area contributed by atoms with Crippen LogP contribution < -0.4 is 10.5 Å². The molecule has 0 fully saturated rings. The number of nitrogens with two attached hydrogens (primary N) is 1. The number of carbonyl (C=O) groups excluding carboxylic acids is 1. The molecule has 0 bridgehead atoms. The summed E-state index contributed by atoms with van der Waals surface area (Å²) in [5.41, 5.74) is 7.73. The van der Waals surface area contributed by atoms with Gasteiger partial charge < -0.3 is 10.5 Å². The number of aromatic nitrogens is 1. The van der Waals surface area contributed by atoms with Crippen LogP contribution in [0.25, 0.3) is 6.08 Å². The van der Waals surface area contributed by atoms with Gasteiger partial charge in [-0.3, -0.25) is 9.78 Å². The minimum absolute atomic E-state index is 0.0440. The van der Waals surface area contributed by atoms with E-state index in [0.717, 1.165) is 5.56 Å². The number of pyridine rings is 1. The standard InChI is InChI=1S/C17H18N2O2/c1-12(2)21-16-9-14(10-19-11-16)17(20)8-5-13-3-6-15(18)7-4-13/h3-12H,18H2,1-2H3/b8-5+. The molecule has 21 heavy (non-hydrogen) atoms. The van der Waals surface area contributed by atoms with Crippen LogP contribution in [0.2, 0.25) is 0 Å². The summed E-state index contributed by atoms with van der Waals surface area (Å²) in [5.74, 6) is 0.477. The molecule has 4 heteroatoms. The van der Waals surface area contributed by atoms with E-state index in [1.54, 1.807) is 30.5 Å². The molecule has 1 aromatic carbocycles. The van der Waals surface area contributed by atoms with Crippen LogP contribution in [-0.2, 0) is 0 Å². The zero-order valence-electron chi connectivity index (χ0n) is 12.1. The molecule has 0 saturated heterocycles. The van der Waals surface area contributed by atoms with Crippen molar-refractivity contribution in [3.8, 4) is 5.75 Å². The van der Waals surface area contributed by atoms with Crippen LogP contribution in [0.3, 0.4) is 0 Å². The summed E-state index contributed by atoms with van der Waals surface area (Å²) in [4.78, 5) is 16.1. The Morgan fingerprint density at radius 3 is 2.62 bits per heavy atom. The van der Waals surface area contributed by atoms with Gasteiger partial charge in [0, 0.05) is 17.4 Å². The van der Waals surface area contributed by atoms with E-state index in [1.165, 1.54) is 12.3 Å². The zero-order valence-corrected chi connectivity index (χ0v) is 12.1. The van der Waals surface area contributed by atoms with E-state index in [9.17, 15) is 4.79 Å². The van der Waals surface area contributed by atoms with Gasteiger partial charge in [0.05, 0.1) is 12.3 Å². The first-order valence-electron chi connectivity index (χ1n) is 6.74. The van der Waals surface area contributed by atoms with Crippen LogP contribution in [-0.4, -0.2) is 16.9 Å². The minimum atomic E-state index is -0.117. The van der Waals surface area contributed by atoms with Crippen molar-refractivity contribution in [3.63, 3.8) is 0 Å². The van der Waals surface area contributed by atoms with Crippen LogP contribution >= 0.6 is 0 Å². The van der Waals surface area contributed by atoms with Crippen LogP contribution in [0.15, 0.2) is 48.8 Å². The first-order chi connectivity index (χ1) is 10.0. The molecule has 108 valence electrons. The number of ether oxygens (including phenoxy) is 1. The molecule has 2 aromatic rings. The second-order valence-corrected chi connectivity index (χ2v) is 4.94. The van der Waals surface area contributed by atoms with Crippen molar-refractivity contribution >= 4 is 17.5 Å². The van der Waals surface area contributed by atoms with Crippen molar-refractivity contribution in [2.45, 2.75) is 20.0 Å². The summed E-state index contributed by atoms with van der Waals surface area (Å²) in [6.07, 6.45) is 6.44. The molecule has 0 amide bonds. The van der Waals surface area contributed by atoms with E-state index in [4.69, 9.17) is 10.5 Å². The van der Waals surface area contributed by atoms with Gasteiger partial charge in [0.25, 0.3) is 0 Å². The van der Waals surface area contributed by atoms with E-state index in [1.807, 2.05) is 26.0 Å². The molecule has 1 aromatic heterocycles. The SMILES string of the molecule is CC(C)Oc1cncc(C(=O)/C=C/c2ccc(N)cc2)c1. The molecule has 0 radical (unpaired) electrons. The van der Waals surface area contributed by atoms with Crippen LogP contribution in [0, 0.1) is 0 Å². The topological polar surface area (TPSA) is 65.2 Å². The molecule has 0 atom stereocenters. The Labute approximate surface area is 124 Å². The Kier molecular flexibility index (Phi) is 4.72. The third-order valence-corrected chi connectivity index (χ3v) is 2.73. The van der Waals surface area contributed by atoms with Gasteiger partial charge in [-0.15, -0.1) is 0 Å². The van der Waals surface area contributed by atoms with Gasteiger partial charge in [-0.1, -0.05) is 18.2 Å². The molecule has 1 heterocycles. The lowest BCUT2D eigenvalue weighted by Crippen LogP contribution is -2.06. The van der Waals surface area contributed by atoms with Gasteiger partial charge in [0.15, 0.2) is 5.78 Å². The lowest BCUT2D eigenvalue weighted by Gasteiger charge is -2.09. The highest BCUT2D eigenvalue weighted by atomic mass is 16.5. The number of anilines is 1. The summed E-state index contributed by atoms with van der Waals surface area (Å²) >= 11 is 0. The van der Waals surface area contributed by atoms with Gasteiger partial charge in [0.1, 0.15) is 5.75 Å². The second kappa shape index (κ2) is 6.70. The predicted molar refractivity (Wildman–Crippen MR) is 84.2 cm³/mol. The van der Waals surface area contributed by atoms with Crippen molar-refractivity contribution in [1.29, 1.82) is 0 Å². The molecule has 4 nitrogen and oxygen atoms in total. The monoisotopic (exact) mass is 282 g/mol. The van der Waals surface area contributed by atoms with Crippen molar-refractivity contribution in [2.24, 2.45) is 0 Å². The number of hydrogen-bond donors (Lipinski definition) is 1. The normalized spacial score (nSPS) is 11.0. The average Bonchev–Trinajstić information content (AvgIpc) is 2.46. The van der Waals surface area contributed by atoms with E-state index < -0.39 is 0 Å². The maximum Gasteiger partial charge on any atom is 0.187 e. The highest BCUT2D eigenvalue weighted by Crippen LogP contribution is 2.14. The first-order valence-corrected chi connectivity index (χ1v) is 6.74. The molecule has 2 N–H and O–H groups in total. The molecule has 2 rings (SSSR count). The number of carbonyl (C=O) groups is 1. The Hall–Kier alpha value is -2.62. The molecular formula is C17H18N2O2.